The number of nitrogens with one attached hydrogen (secondary N) is 1. The van der Waals surface area contributed by atoms with Crippen LogP contribution in [0.2, 0.25) is 0 Å². The first kappa shape index (κ1) is 17.3. The third-order valence-electron chi connectivity index (χ3n) is 2.97. The molecule has 0 bridgehead atoms. The summed E-state index contributed by atoms with van der Waals surface area (Å²) in [6, 6.07) is 5.96. The first-order valence-electron chi connectivity index (χ1n) is 7.22. The number of nitrogens with zero attached hydrogens (tertiary/aromatic N) is 2. The Morgan fingerprint density at radius 2 is 2.04 bits per heavy atom. The summed E-state index contributed by atoms with van der Waals surface area (Å²) in [6.07, 6.45) is 3.09. The van der Waals surface area contributed by atoms with Crippen LogP contribution in [0.5, 0.6) is 5.75 Å². The molecule has 124 valence electrons. The van der Waals surface area contributed by atoms with Gasteiger partial charge in [-0.05, 0) is 24.1 Å². The van der Waals surface area contributed by atoms with E-state index in [9.17, 15) is 13.6 Å². The minimum Gasteiger partial charge on any atom is -0.435 e. The maximum absolute atomic E-state index is 12.1. The number of amides is 1. The van der Waals surface area contributed by atoms with Crippen LogP contribution in [0.3, 0.4) is 0 Å². The van der Waals surface area contributed by atoms with Crippen molar-refractivity contribution in [3.05, 3.63) is 34.8 Å². The van der Waals surface area contributed by atoms with Gasteiger partial charge in [0.1, 0.15) is 10.8 Å². The second-order valence-electron chi connectivity index (χ2n) is 4.85. The molecule has 0 saturated heterocycles. The summed E-state index contributed by atoms with van der Waals surface area (Å²) in [5.41, 5.74) is 0.694. The highest BCUT2D eigenvalue weighted by Gasteiger charge is 2.10. The Bertz CT molecular complexity index is 632. The van der Waals surface area contributed by atoms with Crippen molar-refractivity contribution in [3.63, 3.8) is 0 Å². The van der Waals surface area contributed by atoms with Gasteiger partial charge in [-0.2, -0.15) is 8.78 Å². The fourth-order valence-electron chi connectivity index (χ4n) is 1.87. The molecule has 0 aliphatic carbocycles. The number of hydrogen-bond acceptors (Lipinski definition) is 5. The molecule has 0 fully saturated rings. The van der Waals surface area contributed by atoms with Crippen LogP contribution in [0, 0.1) is 0 Å². The fourth-order valence-corrected chi connectivity index (χ4v) is 2.67. The summed E-state index contributed by atoms with van der Waals surface area (Å²) in [5, 5.41) is 12.0. The predicted molar refractivity (Wildman–Crippen MR) is 83.9 cm³/mol. The number of carbonyl (C=O) groups is 1. The van der Waals surface area contributed by atoms with E-state index in [2.05, 4.69) is 27.2 Å². The van der Waals surface area contributed by atoms with Crippen molar-refractivity contribution in [3.8, 4) is 5.75 Å². The van der Waals surface area contributed by atoms with Crippen LogP contribution in [0.15, 0.2) is 24.3 Å². The zero-order valence-electron chi connectivity index (χ0n) is 12.6. The van der Waals surface area contributed by atoms with Crippen LogP contribution in [0.25, 0.3) is 0 Å². The fraction of sp³-hybridized carbons (Fsp3) is 0.400. The molecule has 2 rings (SSSR count). The van der Waals surface area contributed by atoms with Gasteiger partial charge in [0.2, 0.25) is 11.0 Å². The zero-order chi connectivity index (χ0) is 16.7. The molecule has 0 unspecified atom stereocenters. The van der Waals surface area contributed by atoms with Gasteiger partial charge in [-0.15, -0.1) is 10.2 Å². The Morgan fingerprint density at radius 3 is 2.70 bits per heavy atom. The molecule has 23 heavy (non-hydrogen) atoms. The van der Waals surface area contributed by atoms with Gasteiger partial charge in [0, 0.05) is 6.42 Å². The van der Waals surface area contributed by atoms with Crippen LogP contribution in [0.4, 0.5) is 13.9 Å². The first-order valence-corrected chi connectivity index (χ1v) is 8.04. The Labute approximate surface area is 136 Å². The average molecular weight is 341 g/mol. The number of aryl methyl sites for hydroxylation is 1. The van der Waals surface area contributed by atoms with E-state index in [1.165, 1.54) is 23.5 Å². The normalized spacial score (nSPS) is 10.8. The number of unbranched alkanes of at least 4 members (excludes halogenated alkanes) is 1. The molecule has 0 aliphatic heterocycles. The molecule has 1 N–H and O–H groups in total. The lowest BCUT2D eigenvalue weighted by Gasteiger charge is -2.05. The number of carbonyl (C=O) groups excluding carboxylic acids is 1. The van der Waals surface area contributed by atoms with Gasteiger partial charge in [0.15, 0.2) is 0 Å². The molecule has 2 aromatic rings. The zero-order valence-corrected chi connectivity index (χ0v) is 13.4. The number of benzene rings is 1. The maximum Gasteiger partial charge on any atom is 0.387 e. The number of anilines is 1. The van der Waals surface area contributed by atoms with Crippen molar-refractivity contribution in [2.45, 2.75) is 39.2 Å². The summed E-state index contributed by atoms with van der Waals surface area (Å²) in [5.74, 6) is -0.167. The van der Waals surface area contributed by atoms with E-state index >= 15 is 0 Å². The maximum atomic E-state index is 12.1. The highest BCUT2D eigenvalue weighted by Crippen LogP contribution is 2.18. The lowest BCUT2D eigenvalue weighted by molar-refractivity contribution is -0.115. The third kappa shape index (κ3) is 5.90. The van der Waals surface area contributed by atoms with Crippen LogP contribution in [-0.2, 0) is 17.6 Å². The van der Waals surface area contributed by atoms with Gasteiger partial charge < -0.3 is 10.1 Å². The quantitative estimate of drug-likeness (QED) is 0.796. The van der Waals surface area contributed by atoms with E-state index < -0.39 is 6.61 Å². The standard InChI is InChI=1S/C15H17F2N3O2S/c1-2-3-4-13-19-20-15(23-13)18-12(21)9-10-5-7-11(8-6-10)22-14(16)17/h5-8,14H,2-4,9H2,1H3,(H,18,20,21). The molecule has 1 heterocycles. The number of aromatic nitrogens is 2. The summed E-state index contributed by atoms with van der Waals surface area (Å²) >= 11 is 1.36. The van der Waals surface area contributed by atoms with E-state index in [1.54, 1.807) is 12.1 Å². The Hall–Kier alpha value is -2.09. The highest BCUT2D eigenvalue weighted by molar-refractivity contribution is 7.15. The summed E-state index contributed by atoms with van der Waals surface area (Å²) in [6.45, 7) is -0.759. The van der Waals surface area contributed by atoms with Crippen molar-refractivity contribution >= 4 is 22.4 Å². The number of rotatable bonds is 8. The van der Waals surface area contributed by atoms with E-state index in [4.69, 9.17) is 0 Å². The van der Waals surface area contributed by atoms with Crippen molar-refractivity contribution in [1.29, 1.82) is 0 Å². The summed E-state index contributed by atoms with van der Waals surface area (Å²) in [7, 11) is 0. The van der Waals surface area contributed by atoms with E-state index in [0.717, 1.165) is 24.3 Å². The number of alkyl halides is 2. The van der Waals surface area contributed by atoms with Crippen LogP contribution in [0.1, 0.15) is 30.3 Å². The average Bonchev–Trinajstić information content (AvgIpc) is 2.94. The topological polar surface area (TPSA) is 64.1 Å². The van der Waals surface area contributed by atoms with Crippen LogP contribution in [-0.4, -0.2) is 22.7 Å². The molecule has 0 atom stereocenters. The molecule has 0 saturated carbocycles. The molecule has 8 heteroatoms. The van der Waals surface area contributed by atoms with Crippen LogP contribution >= 0.6 is 11.3 Å². The minimum absolute atomic E-state index is 0.0637. The molecule has 1 aromatic heterocycles. The molecule has 5 nitrogen and oxygen atoms in total. The van der Waals surface area contributed by atoms with Crippen molar-refractivity contribution in [1.82, 2.24) is 10.2 Å². The molecule has 1 amide bonds. The van der Waals surface area contributed by atoms with Gasteiger partial charge in [-0.25, -0.2) is 0 Å². The summed E-state index contributed by atoms with van der Waals surface area (Å²) in [4.78, 5) is 11.9. The van der Waals surface area contributed by atoms with E-state index in [-0.39, 0.29) is 18.1 Å². The van der Waals surface area contributed by atoms with Gasteiger partial charge in [-0.1, -0.05) is 36.8 Å². The number of ether oxygens (including phenoxy) is 1. The van der Waals surface area contributed by atoms with Crippen molar-refractivity contribution < 1.29 is 18.3 Å². The Kier molecular flexibility index (Phi) is 6.40. The lowest BCUT2D eigenvalue weighted by Crippen LogP contribution is -2.14. The van der Waals surface area contributed by atoms with Crippen molar-refractivity contribution in [2.24, 2.45) is 0 Å². The van der Waals surface area contributed by atoms with E-state index in [0.29, 0.717) is 10.7 Å². The number of hydrogen-bond donors (Lipinski definition) is 1. The van der Waals surface area contributed by atoms with Gasteiger partial charge in [0.25, 0.3) is 0 Å². The highest BCUT2D eigenvalue weighted by atomic mass is 32.1. The Balaban J connectivity index is 1.85. The third-order valence-corrected chi connectivity index (χ3v) is 3.87. The first-order chi connectivity index (χ1) is 11.1. The van der Waals surface area contributed by atoms with E-state index in [1.807, 2.05) is 0 Å². The smallest absolute Gasteiger partial charge is 0.387 e. The summed E-state index contributed by atoms with van der Waals surface area (Å²) < 4.78 is 28.4. The molecule has 1 aromatic carbocycles. The van der Waals surface area contributed by atoms with Crippen LogP contribution < -0.4 is 10.1 Å². The minimum atomic E-state index is -2.86. The molecule has 0 spiro atoms. The Morgan fingerprint density at radius 1 is 1.30 bits per heavy atom. The largest absolute Gasteiger partial charge is 0.435 e. The monoisotopic (exact) mass is 341 g/mol. The molecular formula is C15H17F2N3O2S. The number of halogens is 2. The molecule has 0 aliphatic rings. The SMILES string of the molecule is CCCCc1nnc(NC(=O)Cc2ccc(OC(F)F)cc2)s1. The van der Waals surface area contributed by atoms with Gasteiger partial charge in [0.05, 0.1) is 6.42 Å². The predicted octanol–water partition coefficient (Wildman–Crippen LogP) is 3.66. The molecule has 0 radical (unpaired) electrons. The van der Waals surface area contributed by atoms with Gasteiger partial charge >= 0.3 is 6.61 Å². The second-order valence-corrected chi connectivity index (χ2v) is 5.91. The van der Waals surface area contributed by atoms with Gasteiger partial charge in [-0.3, -0.25) is 4.79 Å². The molecular weight excluding hydrogens is 324 g/mol. The lowest BCUT2D eigenvalue weighted by atomic mass is 10.1. The second kappa shape index (κ2) is 8.52. The van der Waals surface area contributed by atoms with Crippen molar-refractivity contribution in [2.75, 3.05) is 5.32 Å².